The van der Waals surface area contributed by atoms with Gasteiger partial charge in [0.2, 0.25) is 3.79 Å². The summed E-state index contributed by atoms with van der Waals surface area (Å²) >= 11 is 19.4. The van der Waals surface area contributed by atoms with Crippen molar-refractivity contribution in [3.63, 3.8) is 0 Å². The van der Waals surface area contributed by atoms with Crippen molar-refractivity contribution < 1.29 is 4.79 Å². The molecule has 0 unspecified atom stereocenters. The normalized spacial score (nSPS) is 11.4. The van der Waals surface area contributed by atoms with E-state index >= 15 is 0 Å². The van der Waals surface area contributed by atoms with Crippen molar-refractivity contribution >= 4 is 52.3 Å². The summed E-state index contributed by atoms with van der Waals surface area (Å²) in [6.07, 6.45) is 1.98. The first-order valence-electron chi connectivity index (χ1n) is 5.78. The van der Waals surface area contributed by atoms with Crippen LogP contribution in [0.3, 0.4) is 0 Å². The second kappa shape index (κ2) is 6.40. The van der Waals surface area contributed by atoms with Crippen LogP contribution in [0.4, 0.5) is 0 Å². The monoisotopic (exact) mass is 344 g/mol. The van der Waals surface area contributed by atoms with Crippen molar-refractivity contribution in [1.29, 1.82) is 0 Å². The number of halogens is 3. The van der Waals surface area contributed by atoms with Gasteiger partial charge in [-0.2, -0.15) is 0 Å². The van der Waals surface area contributed by atoms with Gasteiger partial charge in [-0.3, -0.25) is 4.79 Å². The van der Waals surface area contributed by atoms with Crippen molar-refractivity contribution in [3.05, 3.63) is 65.2 Å². The molecule has 0 spiro atoms. The summed E-state index contributed by atoms with van der Waals surface area (Å²) in [5.74, 6) is -0.153. The van der Waals surface area contributed by atoms with E-state index in [4.69, 9.17) is 34.8 Å². The Bertz CT molecular complexity index is 618. The number of hydrogen-bond donors (Lipinski definition) is 0. The summed E-state index contributed by atoms with van der Waals surface area (Å²) in [7, 11) is 0. The van der Waals surface area contributed by atoms with Gasteiger partial charge in [-0.05, 0) is 30.5 Å². The molecule has 0 bridgehead atoms. The highest BCUT2D eigenvalue weighted by Gasteiger charge is 2.28. The molecular formula is C15H11Cl3OS. The van der Waals surface area contributed by atoms with Crippen LogP contribution in [-0.4, -0.2) is 12.0 Å². The minimum atomic E-state index is -1.62. The lowest BCUT2D eigenvalue weighted by Crippen LogP contribution is -2.11. The molecule has 2 aromatic carbocycles. The van der Waals surface area contributed by atoms with E-state index in [1.165, 1.54) is 0 Å². The summed E-state index contributed by atoms with van der Waals surface area (Å²) < 4.78 is -1.62. The summed E-state index contributed by atoms with van der Waals surface area (Å²) in [4.78, 5) is 13.6. The highest BCUT2D eigenvalue weighted by atomic mass is 35.6. The topological polar surface area (TPSA) is 17.1 Å². The SMILES string of the molecule is CSc1ccc(C(=O)c2ccccc2C(Cl)(Cl)Cl)cc1. The summed E-state index contributed by atoms with van der Waals surface area (Å²) in [6, 6.07) is 14.2. The highest BCUT2D eigenvalue weighted by Crippen LogP contribution is 2.40. The maximum Gasteiger partial charge on any atom is 0.216 e. The second-order valence-electron chi connectivity index (χ2n) is 4.10. The molecule has 2 rings (SSSR count). The minimum Gasteiger partial charge on any atom is -0.289 e. The fraction of sp³-hybridized carbons (Fsp3) is 0.133. The predicted octanol–water partition coefficient (Wildman–Crippen LogP) is 5.47. The average Bonchev–Trinajstić information content (AvgIpc) is 2.46. The molecule has 0 aliphatic heterocycles. The zero-order valence-electron chi connectivity index (χ0n) is 10.6. The largest absolute Gasteiger partial charge is 0.289 e. The van der Waals surface area contributed by atoms with E-state index in [0.717, 1.165) is 4.90 Å². The third kappa shape index (κ3) is 3.50. The zero-order chi connectivity index (χ0) is 14.8. The second-order valence-corrected chi connectivity index (χ2v) is 7.26. The maximum atomic E-state index is 12.5. The highest BCUT2D eigenvalue weighted by molar-refractivity contribution is 7.98. The van der Waals surface area contributed by atoms with E-state index in [0.29, 0.717) is 16.7 Å². The summed E-state index contributed by atoms with van der Waals surface area (Å²) in [6.45, 7) is 0. The molecule has 0 saturated carbocycles. The first kappa shape index (κ1) is 15.7. The van der Waals surface area contributed by atoms with Crippen molar-refractivity contribution in [2.45, 2.75) is 8.69 Å². The van der Waals surface area contributed by atoms with Crippen LogP contribution in [0.5, 0.6) is 0 Å². The third-order valence-electron chi connectivity index (χ3n) is 2.83. The van der Waals surface area contributed by atoms with Gasteiger partial charge >= 0.3 is 0 Å². The fourth-order valence-corrected chi connectivity index (χ4v) is 2.73. The van der Waals surface area contributed by atoms with Gasteiger partial charge < -0.3 is 0 Å². The van der Waals surface area contributed by atoms with Gasteiger partial charge in [0.05, 0.1) is 0 Å². The number of hydrogen-bond acceptors (Lipinski definition) is 2. The predicted molar refractivity (Wildman–Crippen MR) is 87.3 cm³/mol. The molecule has 20 heavy (non-hydrogen) atoms. The molecule has 0 fully saturated rings. The molecular weight excluding hydrogens is 335 g/mol. The van der Waals surface area contributed by atoms with Crippen molar-refractivity contribution in [2.24, 2.45) is 0 Å². The number of alkyl halides is 3. The Morgan fingerprint density at radius 1 is 1.00 bits per heavy atom. The van der Waals surface area contributed by atoms with Crippen LogP contribution in [-0.2, 0) is 3.79 Å². The standard InChI is InChI=1S/C15H11Cl3OS/c1-20-11-8-6-10(7-9-11)14(19)12-4-2-3-5-13(12)15(16,17)18/h2-9H,1H3. The molecule has 5 heteroatoms. The molecule has 0 saturated heterocycles. The van der Waals surface area contributed by atoms with Crippen molar-refractivity contribution in [3.8, 4) is 0 Å². The molecule has 104 valence electrons. The average molecular weight is 346 g/mol. The van der Waals surface area contributed by atoms with Crippen LogP contribution in [0.15, 0.2) is 53.4 Å². The smallest absolute Gasteiger partial charge is 0.216 e. The summed E-state index contributed by atoms with van der Waals surface area (Å²) in [5.41, 5.74) is 1.37. The Morgan fingerprint density at radius 3 is 2.15 bits per heavy atom. The number of rotatable bonds is 3. The van der Waals surface area contributed by atoms with Crippen molar-refractivity contribution in [2.75, 3.05) is 6.26 Å². The van der Waals surface area contributed by atoms with E-state index < -0.39 is 3.79 Å². The fourth-order valence-electron chi connectivity index (χ4n) is 1.83. The van der Waals surface area contributed by atoms with Gasteiger partial charge in [0.25, 0.3) is 0 Å². The quantitative estimate of drug-likeness (QED) is 0.417. The van der Waals surface area contributed by atoms with Crippen LogP contribution >= 0.6 is 46.6 Å². The molecule has 0 aromatic heterocycles. The number of benzene rings is 2. The molecule has 0 radical (unpaired) electrons. The van der Waals surface area contributed by atoms with Gasteiger partial charge in [-0.1, -0.05) is 59.1 Å². The van der Waals surface area contributed by atoms with E-state index in [-0.39, 0.29) is 5.78 Å². The molecule has 0 atom stereocenters. The minimum absolute atomic E-state index is 0.153. The van der Waals surface area contributed by atoms with Crippen LogP contribution < -0.4 is 0 Å². The Hall–Kier alpha value is -0.670. The number of ketones is 1. The van der Waals surface area contributed by atoms with Gasteiger partial charge in [0.1, 0.15) is 0 Å². The third-order valence-corrected chi connectivity index (χ3v) is 4.18. The van der Waals surface area contributed by atoms with E-state index in [1.54, 1.807) is 48.2 Å². The first-order chi connectivity index (χ1) is 9.43. The molecule has 0 aliphatic carbocycles. The van der Waals surface area contributed by atoms with Crippen LogP contribution in [0, 0.1) is 0 Å². The first-order valence-corrected chi connectivity index (χ1v) is 8.14. The Kier molecular flexibility index (Phi) is 5.03. The van der Waals surface area contributed by atoms with Crippen LogP contribution in [0.1, 0.15) is 21.5 Å². The van der Waals surface area contributed by atoms with Crippen LogP contribution in [0.25, 0.3) is 0 Å². The summed E-state index contributed by atoms with van der Waals surface area (Å²) in [5, 5.41) is 0. The molecule has 1 nitrogen and oxygen atoms in total. The molecule has 0 aliphatic rings. The lowest BCUT2D eigenvalue weighted by atomic mass is 9.99. The lowest BCUT2D eigenvalue weighted by Gasteiger charge is -2.15. The Morgan fingerprint density at radius 2 is 1.60 bits per heavy atom. The molecule has 0 N–H and O–H groups in total. The Labute approximate surface area is 137 Å². The number of carbonyl (C=O) groups is 1. The number of carbonyl (C=O) groups excluding carboxylic acids is 1. The molecule has 0 amide bonds. The maximum absolute atomic E-state index is 12.5. The van der Waals surface area contributed by atoms with E-state index in [2.05, 4.69) is 0 Å². The number of thioether (sulfide) groups is 1. The van der Waals surface area contributed by atoms with Gasteiger partial charge in [0.15, 0.2) is 5.78 Å². The van der Waals surface area contributed by atoms with Crippen molar-refractivity contribution in [1.82, 2.24) is 0 Å². The van der Waals surface area contributed by atoms with Crippen LogP contribution in [0.2, 0.25) is 0 Å². The zero-order valence-corrected chi connectivity index (χ0v) is 13.7. The molecule has 0 heterocycles. The van der Waals surface area contributed by atoms with Gasteiger partial charge in [-0.25, -0.2) is 0 Å². The molecule has 2 aromatic rings. The van der Waals surface area contributed by atoms with E-state index in [9.17, 15) is 4.79 Å². The van der Waals surface area contributed by atoms with Gasteiger partial charge in [-0.15, -0.1) is 11.8 Å². The Balaban J connectivity index is 2.43. The van der Waals surface area contributed by atoms with E-state index in [1.807, 2.05) is 18.4 Å². The van der Waals surface area contributed by atoms with Gasteiger partial charge in [0, 0.05) is 21.6 Å². The lowest BCUT2D eigenvalue weighted by molar-refractivity contribution is 0.103.